The van der Waals surface area contributed by atoms with E-state index in [0.717, 1.165) is 12.1 Å². The fourth-order valence-electron chi connectivity index (χ4n) is 1.77. The minimum atomic E-state index is -3.25. The van der Waals surface area contributed by atoms with E-state index in [2.05, 4.69) is 5.32 Å². The average molecular weight is 261 g/mol. The SMILES string of the molecule is O=S(=O)(Cc1ccc(F)c(F)c1)CC1CNC1. The molecule has 0 atom stereocenters. The third-order valence-electron chi connectivity index (χ3n) is 2.73. The van der Waals surface area contributed by atoms with Crippen LogP contribution < -0.4 is 5.32 Å². The molecule has 1 N–H and O–H groups in total. The number of halogens is 2. The summed E-state index contributed by atoms with van der Waals surface area (Å²) < 4.78 is 49.1. The van der Waals surface area contributed by atoms with Crippen LogP contribution in [-0.4, -0.2) is 27.3 Å². The van der Waals surface area contributed by atoms with Crippen LogP contribution in [0.2, 0.25) is 0 Å². The van der Waals surface area contributed by atoms with Gasteiger partial charge in [-0.05, 0) is 23.6 Å². The second-order valence-corrected chi connectivity index (χ2v) is 6.44. The molecule has 17 heavy (non-hydrogen) atoms. The van der Waals surface area contributed by atoms with Crippen molar-refractivity contribution in [2.75, 3.05) is 18.8 Å². The standard InChI is InChI=1S/C11H13F2NO2S/c12-10-2-1-8(3-11(10)13)6-17(15,16)7-9-4-14-5-9/h1-3,9,14H,4-7H2. The van der Waals surface area contributed by atoms with Crippen LogP contribution in [0.4, 0.5) is 8.78 Å². The molecule has 94 valence electrons. The minimum Gasteiger partial charge on any atom is -0.316 e. The van der Waals surface area contributed by atoms with Crippen LogP contribution in [0, 0.1) is 17.6 Å². The van der Waals surface area contributed by atoms with Crippen LogP contribution >= 0.6 is 0 Å². The predicted octanol–water partition coefficient (Wildman–Crippen LogP) is 1.10. The lowest BCUT2D eigenvalue weighted by Crippen LogP contribution is -2.45. The first-order valence-electron chi connectivity index (χ1n) is 5.31. The fourth-order valence-corrected chi connectivity index (χ4v) is 3.53. The lowest BCUT2D eigenvalue weighted by molar-refractivity contribution is 0.378. The van der Waals surface area contributed by atoms with Crippen LogP contribution in [0.25, 0.3) is 0 Å². The third kappa shape index (κ3) is 3.23. The van der Waals surface area contributed by atoms with E-state index in [1.165, 1.54) is 6.07 Å². The summed E-state index contributed by atoms with van der Waals surface area (Å²) in [5.74, 6) is -1.97. The maximum atomic E-state index is 12.9. The van der Waals surface area contributed by atoms with Crippen molar-refractivity contribution in [3.8, 4) is 0 Å². The van der Waals surface area contributed by atoms with E-state index in [9.17, 15) is 17.2 Å². The number of hydrogen-bond acceptors (Lipinski definition) is 3. The average Bonchev–Trinajstić information content (AvgIpc) is 2.18. The van der Waals surface area contributed by atoms with Gasteiger partial charge in [0, 0.05) is 13.1 Å². The van der Waals surface area contributed by atoms with Gasteiger partial charge in [-0.25, -0.2) is 17.2 Å². The lowest BCUT2D eigenvalue weighted by Gasteiger charge is -2.26. The fraction of sp³-hybridized carbons (Fsp3) is 0.455. The molecule has 1 aliphatic heterocycles. The molecule has 0 radical (unpaired) electrons. The van der Waals surface area contributed by atoms with Crippen molar-refractivity contribution >= 4 is 9.84 Å². The van der Waals surface area contributed by atoms with E-state index in [4.69, 9.17) is 0 Å². The summed E-state index contributed by atoms with van der Waals surface area (Å²) in [6.45, 7) is 1.41. The van der Waals surface area contributed by atoms with Gasteiger partial charge >= 0.3 is 0 Å². The highest BCUT2D eigenvalue weighted by atomic mass is 32.2. The van der Waals surface area contributed by atoms with Crippen LogP contribution in [-0.2, 0) is 15.6 Å². The van der Waals surface area contributed by atoms with Crippen LogP contribution in [0.15, 0.2) is 18.2 Å². The molecule has 0 saturated carbocycles. The van der Waals surface area contributed by atoms with E-state index >= 15 is 0 Å². The van der Waals surface area contributed by atoms with Crippen LogP contribution in [0.3, 0.4) is 0 Å². The summed E-state index contributed by atoms with van der Waals surface area (Å²) in [4.78, 5) is 0. The molecule has 0 unspecified atom stereocenters. The van der Waals surface area contributed by atoms with E-state index in [-0.39, 0.29) is 23.0 Å². The lowest BCUT2D eigenvalue weighted by atomic mass is 10.1. The normalized spacial score (nSPS) is 16.8. The Morgan fingerprint density at radius 2 is 1.94 bits per heavy atom. The number of nitrogens with one attached hydrogen (secondary N) is 1. The molecular weight excluding hydrogens is 248 g/mol. The van der Waals surface area contributed by atoms with Crippen molar-refractivity contribution < 1.29 is 17.2 Å². The van der Waals surface area contributed by atoms with Crippen molar-refractivity contribution in [3.63, 3.8) is 0 Å². The summed E-state index contributed by atoms with van der Waals surface area (Å²) in [7, 11) is -3.25. The highest BCUT2D eigenvalue weighted by molar-refractivity contribution is 7.90. The van der Waals surface area contributed by atoms with Gasteiger partial charge in [-0.1, -0.05) is 6.07 Å². The summed E-state index contributed by atoms with van der Waals surface area (Å²) in [6, 6.07) is 3.19. The molecule has 0 aromatic heterocycles. The van der Waals surface area contributed by atoms with E-state index in [1.54, 1.807) is 0 Å². The molecule has 0 spiro atoms. The van der Waals surface area contributed by atoms with Crippen molar-refractivity contribution in [3.05, 3.63) is 35.4 Å². The molecule has 1 aromatic rings. The molecule has 1 heterocycles. The number of benzene rings is 1. The molecule has 3 nitrogen and oxygen atoms in total. The van der Waals surface area contributed by atoms with Gasteiger partial charge < -0.3 is 5.32 Å². The molecule has 2 rings (SSSR count). The topological polar surface area (TPSA) is 46.2 Å². The Morgan fingerprint density at radius 1 is 1.24 bits per heavy atom. The van der Waals surface area contributed by atoms with Gasteiger partial charge in [-0.2, -0.15) is 0 Å². The van der Waals surface area contributed by atoms with Crippen LogP contribution in [0.1, 0.15) is 5.56 Å². The van der Waals surface area contributed by atoms with E-state index in [0.29, 0.717) is 13.1 Å². The Bertz CT molecular complexity index is 512. The Morgan fingerprint density at radius 3 is 2.47 bits per heavy atom. The highest BCUT2D eigenvalue weighted by Gasteiger charge is 2.24. The Hall–Kier alpha value is -1.01. The van der Waals surface area contributed by atoms with Gasteiger partial charge in [0.1, 0.15) is 0 Å². The molecule has 0 aliphatic carbocycles. The molecule has 1 aromatic carbocycles. The first-order chi connectivity index (χ1) is 7.96. The van der Waals surface area contributed by atoms with Gasteiger partial charge in [-0.3, -0.25) is 0 Å². The van der Waals surface area contributed by atoms with Gasteiger partial charge in [0.05, 0.1) is 11.5 Å². The van der Waals surface area contributed by atoms with Gasteiger partial charge in [0.25, 0.3) is 0 Å². The summed E-state index contributed by atoms with van der Waals surface area (Å²) >= 11 is 0. The van der Waals surface area contributed by atoms with E-state index < -0.39 is 21.5 Å². The van der Waals surface area contributed by atoms with Crippen molar-refractivity contribution in [1.82, 2.24) is 5.32 Å². The predicted molar refractivity (Wildman–Crippen MR) is 60.2 cm³/mol. The molecule has 0 amide bonds. The zero-order valence-corrected chi connectivity index (χ0v) is 9.93. The summed E-state index contributed by atoms with van der Waals surface area (Å²) in [6.07, 6.45) is 0. The maximum absolute atomic E-state index is 12.9. The smallest absolute Gasteiger partial charge is 0.159 e. The molecule has 6 heteroatoms. The molecule has 0 bridgehead atoms. The Labute approximate surface area is 98.8 Å². The summed E-state index contributed by atoms with van der Waals surface area (Å²) in [5.41, 5.74) is 0.288. The zero-order valence-electron chi connectivity index (χ0n) is 9.12. The molecule has 1 saturated heterocycles. The maximum Gasteiger partial charge on any atom is 0.159 e. The second-order valence-electron chi connectivity index (χ2n) is 4.33. The summed E-state index contributed by atoms with van der Waals surface area (Å²) in [5, 5.41) is 2.99. The minimum absolute atomic E-state index is 0.0962. The zero-order chi connectivity index (χ0) is 12.5. The highest BCUT2D eigenvalue weighted by Crippen LogP contribution is 2.15. The van der Waals surface area contributed by atoms with Gasteiger partial charge in [0.15, 0.2) is 21.5 Å². The Kier molecular flexibility index (Phi) is 3.44. The van der Waals surface area contributed by atoms with E-state index in [1.807, 2.05) is 0 Å². The molecule has 1 aliphatic rings. The van der Waals surface area contributed by atoms with Crippen molar-refractivity contribution in [2.24, 2.45) is 5.92 Å². The number of sulfone groups is 1. The number of rotatable bonds is 4. The van der Waals surface area contributed by atoms with Crippen molar-refractivity contribution in [2.45, 2.75) is 5.75 Å². The first-order valence-corrected chi connectivity index (χ1v) is 7.13. The van der Waals surface area contributed by atoms with Gasteiger partial charge in [0.2, 0.25) is 0 Å². The quantitative estimate of drug-likeness (QED) is 0.883. The first kappa shape index (κ1) is 12.4. The van der Waals surface area contributed by atoms with Crippen molar-refractivity contribution in [1.29, 1.82) is 0 Å². The third-order valence-corrected chi connectivity index (χ3v) is 4.48. The number of hydrogen-bond donors (Lipinski definition) is 1. The second kappa shape index (κ2) is 4.70. The monoisotopic (exact) mass is 261 g/mol. The van der Waals surface area contributed by atoms with Crippen LogP contribution in [0.5, 0.6) is 0 Å². The van der Waals surface area contributed by atoms with Gasteiger partial charge in [-0.15, -0.1) is 0 Å². The molecular formula is C11H13F2NO2S. The largest absolute Gasteiger partial charge is 0.316 e. The molecule has 1 fully saturated rings. The Balaban J connectivity index is 2.05.